The number of amides is 1. The molecule has 1 aliphatic rings. The Balaban J connectivity index is 1.60. The Morgan fingerprint density at radius 3 is 2.48 bits per heavy atom. The summed E-state index contributed by atoms with van der Waals surface area (Å²) in [5.41, 5.74) is 2.06. The number of hydrogen-bond donors (Lipinski definition) is 1. The van der Waals surface area contributed by atoms with Crippen LogP contribution in [0.3, 0.4) is 0 Å². The van der Waals surface area contributed by atoms with Crippen LogP contribution in [0.4, 0.5) is 0 Å². The van der Waals surface area contributed by atoms with Crippen molar-refractivity contribution < 1.29 is 4.79 Å². The fourth-order valence-corrected chi connectivity index (χ4v) is 2.86. The molecule has 1 amide bonds. The van der Waals surface area contributed by atoms with Gasteiger partial charge in [0.15, 0.2) is 5.43 Å². The molecular weight excluding hydrogens is 290 g/mol. The average molecular weight is 311 g/mol. The normalized spacial score (nSPS) is 15.6. The lowest BCUT2D eigenvalue weighted by Gasteiger charge is -2.34. The standard InChI is InChI=1S/C18H21N3O2/c1-14-11-17(22)16(12-19-14)18(23)21-9-7-20(8-10-21)13-15-5-3-2-4-6-15/h2-6,11-12H,7-10,13H2,1H3,(H,19,22). The molecule has 1 saturated heterocycles. The average Bonchev–Trinajstić information content (AvgIpc) is 2.56. The zero-order chi connectivity index (χ0) is 16.2. The maximum Gasteiger partial charge on any atom is 0.259 e. The van der Waals surface area contributed by atoms with Gasteiger partial charge in [0.1, 0.15) is 5.56 Å². The molecule has 0 radical (unpaired) electrons. The van der Waals surface area contributed by atoms with Crippen molar-refractivity contribution in [3.05, 3.63) is 69.6 Å². The van der Waals surface area contributed by atoms with Gasteiger partial charge in [-0.15, -0.1) is 0 Å². The van der Waals surface area contributed by atoms with Crippen LogP contribution < -0.4 is 5.43 Å². The van der Waals surface area contributed by atoms with Crippen molar-refractivity contribution in [2.24, 2.45) is 0 Å². The highest BCUT2D eigenvalue weighted by molar-refractivity contribution is 5.93. The van der Waals surface area contributed by atoms with Gasteiger partial charge in [-0.1, -0.05) is 30.3 Å². The van der Waals surface area contributed by atoms with E-state index in [1.807, 2.05) is 18.2 Å². The Morgan fingerprint density at radius 1 is 1.13 bits per heavy atom. The third-order valence-corrected chi connectivity index (χ3v) is 4.20. The summed E-state index contributed by atoms with van der Waals surface area (Å²) in [6.07, 6.45) is 1.52. The van der Waals surface area contributed by atoms with Crippen molar-refractivity contribution in [1.82, 2.24) is 14.8 Å². The minimum Gasteiger partial charge on any atom is -0.364 e. The molecule has 0 unspecified atom stereocenters. The number of aromatic amines is 1. The summed E-state index contributed by atoms with van der Waals surface area (Å²) < 4.78 is 0. The van der Waals surface area contributed by atoms with Gasteiger partial charge < -0.3 is 9.88 Å². The quantitative estimate of drug-likeness (QED) is 0.937. The van der Waals surface area contributed by atoms with E-state index in [9.17, 15) is 9.59 Å². The first-order valence-corrected chi connectivity index (χ1v) is 7.88. The number of piperazine rings is 1. The number of rotatable bonds is 3. The fourth-order valence-electron chi connectivity index (χ4n) is 2.86. The fraction of sp³-hybridized carbons (Fsp3) is 0.333. The molecular formula is C18H21N3O2. The van der Waals surface area contributed by atoms with Gasteiger partial charge in [-0.05, 0) is 12.5 Å². The van der Waals surface area contributed by atoms with Crippen molar-refractivity contribution in [2.45, 2.75) is 13.5 Å². The number of carbonyl (C=O) groups is 1. The van der Waals surface area contributed by atoms with Gasteiger partial charge in [-0.3, -0.25) is 14.5 Å². The summed E-state index contributed by atoms with van der Waals surface area (Å²) in [5, 5.41) is 0. The maximum atomic E-state index is 12.5. The number of nitrogens with zero attached hydrogens (tertiary/aromatic N) is 2. The first-order valence-electron chi connectivity index (χ1n) is 7.88. The molecule has 1 aliphatic heterocycles. The summed E-state index contributed by atoms with van der Waals surface area (Å²) in [6, 6.07) is 11.8. The highest BCUT2D eigenvalue weighted by Crippen LogP contribution is 2.10. The van der Waals surface area contributed by atoms with Crippen LogP contribution >= 0.6 is 0 Å². The molecule has 0 aliphatic carbocycles. The van der Waals surface area contributed by atoms with E-state index < -0.39 is 0 Å². The summed E-state index contributed by atoms with van der Waals surface area (Å²) in [6.45, 7) is 5.65. The molecule has 1 fully saturated rings. The Hall–Kier alpha value is -2.40. The third kappa shape index (κ3) is 3.68. The van der Waals surface area contributed by atoms with Gasteiger partial charge in [0, 0.05) is 50.7 Å². The molecule has 1 aromatic carbocycles. The van der Waals surface area contributed by atoms with Crippen LogP contribution in [-0.2, 0) is 6.54 Å². The number of aryl methyl sites for hydroxylation is 1. The minimum absolute atomic E-state index is 0.175. The van der Waals surface area contributed by atoms with Crippen molar-refractivity contribution >= 4 is 5.91 Å². The molecule has 1 aromatic heterocycles. The van der Waals surface area contributed by atoms with E-state index in [1.54, 1.807) is 11.8 Å². The number of H-pyrrole nitrogens is 1. The number of nitrogens with one attached hydrogen (secondary N) is 1. The number of hydrogen-bond acceptors (Lipinski definition) is 3. The Morgan fingerprint density at radius 2 is 1.83 bits per heavy atom. The molecule has 5 nitrogen and oxygen atoms in total. The van der Waals surface area contributed by atoms with Gasteiger partial charge in [0.2, 0.25) is 0 Å². The molecule has 1 N–H and O–H groups in total. The molecule has 2 aromatic rings. The first-order chi connectivity index (χ1) is 11.1. The highest BCUT2D eigenvalue weighted by atomic mass is 16.2. The number of aromatic nitrogens is 1. The van der Waals surface area contributed by atoms with Gasteiger partial charge in [0.25, 0.3) is 5.91 Å². The van der Waals surface area contributed by atoms with E-state index in [1.165, 1.54) is 17.8 Å². The first kappa shape index (κ1) is 15.5. The SMILES string of the molecule is Cc1cc(=O)c(C(=O)N2CCN(Cc3ccccc3)CC2)c[nH]1. The predicted octanol–water partition coefficient (Wildman–Crippen LogP) is 1.64. The summed E-state index contributed by atoms with van der Waals surface area (Å²) in [4.78, 5) is 31.5. The van der Waals surface area contributed by atoms with E-state index >= 15 is 0 Å². The summed E-state index contributed by atoms with van der Waals surface area (Å²) in [7, 11) is 0. The lowest BCUT2D eigenvalue weighted by Crippen LogP contribution is -2.49. The van der Waals surface area contributed by atoms with E-state index in [4.69, 9.17) is 0 Å². The Bertz CT molecular complexity index is 731. The Kier molecular flexibility index (Phi) is 4.57. The van der Waals surface area contributed by atoms with E-state index in [2.05, 4.69) is 22.0 Å². The van der Waals surface area contributed by atoms with Crippen LogP contribution in [0, 0.1) is 6.92 Å². The summed E-state index contributed by atoms with van der Waals surface area (Å²) in [5.74, 6) is -0.175. The number of carbonyl (C=O) groups excluding carboxylic acids is 1. The van der Waals surface area contributed by atoms with Crippen LogP contribution in [0.5, 0.6) is 0 Å². The lowest BCUT2D eigenvalue weighted by molar-refractivity contribution is 0.0627. The third-order valence-electron chi connectivity index (χ3n) is 4.20. The lowest BCUT2D eigenvalue weighted by atomic mass is 10.1. The number of pyridine rings is 1. The minimum atomic E-state index is -0.210. The largest absolute Gasteiger partial charge is 0.364 e. The van der Waals surface area contributed by atoms with Gasteiger partial charge in [0.05, 0.1) is 0 Å². The number of benzene rings is 1. The topological polar surface area (TPSA) is 56.4 Å². The molecule has 0 spiro atoms. The van der Waals surface area contributed by atoms with E-state index in [-0.39, 0.29) is 16.9 Å². The van der Waals surface area contributed by atoms with Crippen molar-refractivity contribution in [1.29, 1.82) is 0 Å². The molecule has 0 saturated carbocycles. The second kappa shape index (κ2) is 6.79. The predicted molar refractivity (Wildman–Crippen MR) is 89.4 cm³/mol. The second-order valence-electron chi connectivity index (χ2n) is 5.95. The molecule has 2 heterocycles. The van der Waals surface area contributed by atoms with E-state index in [0.717, 1.165) is 25.3 Å². The molecule has 23 heavy (non-hydrogen) atoms. The Labute approximate surface area is 135 Å². The van der Waals surface area contributed by atoms with Crippen molar-refractivity contribution in [3.63, 3.8) is 0 Å². The maximum absolute atomic E-state index is 12.5. The zero-order valence-electron chi connectivity index (χ0n) is 13.3. The zero-order valence-corrected chi connectivity index (χ0v) is 13.3. The van der Waals surface area contributed by atoms with Crippen molar-refractivity contribution in [2.75, 3.05) is 26.2 Å². The van der Waals surface area contributed by atoms with Crippen LogP contribution in [0.1, 0.15) is 21.6 Å². The van der Waals surface area contributed by atoms with E-state index in [0.29, 0.717) is 13.1 Å². The molecule has 5 heteroatoms. The second-order valence-corrected chi connectivity index (χ2v) is 5.95. The molecule has 3 rings (SSSR count). The highest BCUT2D eigenvalue weighted by Gasteiger charge is 2.23. The van der Waals surface area contributed by atoms with Crippen LogP contribution in [0.25, 0.3) is 0 Å². The van der Waals surface area contributed by atoms with Crippen LogP contribution in [0.2, 0.25) is 0 Å². The van der Waals surface area contributed by atoms with Crippen LogP contribution in [-0.4, -0.2) is 46.9 Å². The molecule has 0 atom stereocenters. The monoisotopic (exact) mass is 311 g/mol. The summed E-state index contributed by atoms with van der Waals surface area (Å²) >= 11 is 0. The van der Waals surface area contributed by atoms with Gasteiger partial charge in [-0.25, -0.2) is 0 Å². The van der Waals surface area contributed by atoms with Crippen molar-refractivity contribution in [3.8, 4) is 0 Å². The van der Waals surface area contributed by atoms with Crippen LogP contribution in [0.15, 0.2) is 47.4 Å². The smallest absolute Gasteiger partial charge is 0.259 e. The van der Waals surface area contributed by atoms with Gasteiger partial charge >= 0.3 is 0 Å². The molecule has 0 bridgehead atoms. The van der Waals surface area contributed by atoms with Gasteiger partial charge in [-0.2, -0.15) is 0 Å². The molecule has 120 valence electrons.